The summed E-state index contributed by atoms with van der Waals surface area (Å²) in [5, 5.41) is 3.28. The van der Waals surface area contributed by atoms with E-state index in [0.29, 0.717) is 5.92 Å². The zero-order valence-electron chi connectivity index (χ0n) is 9.70. The van der Waals surface area contributed by atoms with Gasteiger partial charge in [0, 0.05) is 0 Å². The minimum atomic E-state index is -0.239. The van der Waals surface area contributed by atoms with E-state index in [1.54, 1.807) is 0 Å². The van der Waals surface area contributed by atoms with E-state index in [4.69, 9.17) is 5.73 Å². The molecule has 0 heterocycles. The molecule has 3 nitrogen and oxygen atoms in total. The second-order valence-corrected chi connectivity index (χ2v) is 4.68. The third kappa shape index (κ3) is 4.04. The van der Waals surface area contributed by atoms with Gasteiger partial charge in [-0.2, -0.15) is 0 Å². The number of nitrogens with two attached hydrogens (primary N) is 1. The molecular weight excluding hydrogens is 188 g/mol. The van der Waals surface area contributed by atoms with Crippen LogP contribution in [-0.4, -0.2) is 18.5 Å². The first-order chi connectivity index (χ1) is 7.11. The molecule has 0 aliphatic heterocycles. The Hall–Kier alpha value is -0.830. The first-order valence-electron chi connectivity index (χ1n) is 5.79. The molecule has 0 aromatic carbocycles. The summed E-state index contributed by atoms with van der Waals surface area (Å²) in [5.41, 5.74) is 5.34. The molecular formula is C12H22N2O. The number of nitrogens with one attached hydrogen (secondary N) is 1. The van der Waals surface area contributed by atoms with Gasteiger partial charge in [0.15, 0.2) is 0 Å². The van der Waals surface area contributed by atoms with Crippen LogP contribution in [0.25, 0.3) is 0 Å². The van der Waals surface area contributed by atoms with Crippen molar-refractivity contribution in [2.45, 2.75) is 39.2 Å². The molecule has 1 aliphatic carbocycles. The molecule has 0 fully saturated rings. The number of amides is 1. The topological polar surface area (TPSA) is 55.1 Å². The van der Waals surface area contributed by atoms with Crippen molar-refractivity contribution in [1.82, 2.24) is 5.32 Å². The predicted octanol–water partition coefficient (Wildman–Crippen LogP) is 1.44. The molecule has 86 valence electrons. The molecule has 0 saturated carbocycles. The number of allylic oxidation sites excluding steroid dienone is 2. The van der Waals surface area contributed by atoms with Gasteiger partial charge in [-0.15, -0.1) is 0 Å². The van der Waals surface area contributed by atoms with E-state index in [1.165, 1.54) is 6.42 Å². The Labute approximate surface area is 92.1 Å². The summed E-state index contributed by atoms with van der Waals surface area (Å²) in [4.78, 5) is 11.2. The summed E-state index contributed by atoms with van der Waals surface area (Å²) in [6, 6.07) is -0.184. The lowest BCUT2D eigenvalue weighted by molar-refractivity contribution is -0.121. The highest BCUT2D eigenvalue weighted by Crippen LogP contribution is 2.17. The van der Waals surface area contributed by atoms with Crippen molar-refractivity contribution < 1.29 is 4.79 Å². The van der Waals surface area contributed by atoms with E-state index in [9.17, 15) is 4.79 Å². The van der Waals surface area contributed by atoms with Gasteiger partial charge in [-0.25, -0.2) is 0 Å². The molecule has 0 spiro atoms. The molecule has 0 aromatic heterocycles. The van der Waals surface area contributed by atoms with Crippen molar-refractivity contribution >= 4 is 5.91 Å². The lowest BCUT2D eigenvalue weighted by Gasteiger charge is -2.24. The maximum absolute atomic E-state index is 11.2. The average Bonchev–Trinajstić information content (AvgIpc) is 2.18. The van der Waals surface area contributed by atoms with E-state index in [-0.39, 0.29) is 17.9 Å². The van der Waals surface area contributed by atoms with Gasteiger partial charge in [0.25, 0.3) is 0 Å². The normalized spacial score (nSPS) is 23.0. The smallest absolute Gasteiger partial charge is 0.234 e. The van der Waals surface area contributed by atoms with Gasteiger partial charge in [-0.05, 0) is 37.6 Å². The fraction of sp³-hybridized carbons (Fsp3) is 0.750. The molecule has 2 unspecified atom stereocenters. The highest BCUT2D eigenvalue weighted by molar-refractivity contribution is 5.80. The predicted molar refractivity (Wildman–Crippen MR) is 62.3 cm³/mol. The fourth-order valence-electron chi connectivity index (χ4n) is 2.00. The summed E-state index contributed by atoms with van der Waals surface area (Å²) in [7, 11) is 0. The Balaban J connectivity index is 2.33. The number of rotatable bonds is 5. The van der Waals surface area contributed by atoms with Gasteiger partial charge < -0.3 is 11.1 Å². The third-order valence-electron chi connectivity index (χ3n) is 2.98. The van der Waals surface area contributed by atoms with Crippen molar-refractivity contribution in [1.29, 1.82) is 0 Å². The standard InChI is InChI=1S/C12H22N2O/c1-9(2)11(12(13)15)14-8-10-6-4-3-5-7-10/h3-4,9-11,14H,5-8H2,1-2H3,(H2,13,15). The Morgan fingerprint density at radius 1 is 1.53 bits per heavy atom. The van der Waals surface area contributed by atoms with E-state index in [0.717, 1.165) is 19.4 Å². The van der Waals surface area contributed by atoms with Gasteiger partial charge in [0.05, 0.1) is 6.04 Å². The van der Waals surface area contributed by atoms with E-state index < -0.39 is 0 Å². The van der Waals surface area contributed by atoms with Gasteiger partial charge in [0.2, 0.25) is 5.91 Å². The molecule has 3 heteroatoms. The zero-order valence-corrected chi connectivity index (χ0v) is 9.70. The van der Waals surface area contributed by atoms with Gasteiger partial charge >= 0.3 is 0 Å². The first-order valence-corrected chi connectivity index (χ1v) is 5.79. The Morgan fingerprint density at radius 2 is 2.27 bits per heavy atom. The van der Waals surface area contributed by atoms with Crippen LogP contribution in [0.3, 0.4) is 0 Å². The maximum Gasteiger partial charge on any atom is 0.234 e. The molecule has 1 amide bonds. The van der Waals surface area contributed by atoms with Crippen LogP contribution in [0.15, 0.2) is 12.2 Å². The minimum absolute atomic E-state index is 0.184. The number of carbonyl (C=O) groups excluding carboxylic acids is 1. The Kier molecular flexibility index (Phi) is 4.82. The lowest BCUT2D eigenvalue weighted by atomic mass is 9.93. The lowest BCUT2D eigenvalue weighted by Crippen LogP contribution is -2.46. The molecule has 1 aliphatic rings. The molecule has 0 radical (unpaired) electrons. The molecule has 2 atom stereocenters. The number of hydrogen-bond acceptors (Lipinski definition) is 2. The summed E-state index contributed by atoms with van der Waals surface area (Å²) in [6.07, 6.45) is 7.95. The molecule has 0 saturated heterocycles. The van der Waals surface area contributed by atoms with E-state index in [2.05, 4.69) is 17.5 Å². The monoisotopic (exact) mass is 210 g/mol. The van der Waals surface area contributed by atoms with Gasteiger partial charge in [-0.1, -0.05) is 26.0 Å². The van der Waals surface area contributed by atoms with Gasteiger partial charge in [0.1, 0.15) is 0 Å². The van der Waals surface area contributed by atoms with Crippen LogP contribution in [0.5, 0.6) is 0 Å². The summed E-state index contributed by atoms with van der Waals surface area (Å²) in [6.45, 7) is 4.93. The average molecular weight is 210 g/mol. The van der Waals surface area contributed by atoms with Crippen molar-refractivity contribution in [3.63, 3.8) is 0 Å². The van der Waals surface area contributed by atoms with Crippen LogP contribution >= 0.6 is 0 Å². The summed E-state index contributed by atoms with van der Waals surface area (Å²) >= 11 is 0. The fourth-order valence-corrected chi connectivity index (χ4v) is 2.00. The highest BCUT2D eigenvalue weighted by Gasteiger charge is 2.20. The van der Waals surface area contributed by atoms with Crippen LogP contribution in [0.2, 0.25) is 0 Å². The van der Waals surface area contributed by atoms with E-state index >= 15 is 0 Å². The maximum atomic E-state index is 11.2. The first kappa shape index (κ1) is 12.2. The van der Waals surface area contributed by atoms with Crippen molar-refractivity contribution in [2.24, 2.45) is 17.6 Å². The van der Waals surface area contributed by atoms with Crippen LogP contribution in [0, 0.1) is 11.8 Å². The molecule has 0 bridgehead atoms. The molecule has 3 N–H and O–H groups in total. The SMILES string of the molecule is CC(C)C(NCC1CC=CCC1)C(N)=O. The largest absolute Gasteiger partial charge is 0.368 e. The van der Waals surface area contributed by atoms with Crippen molar-refractivity contribution in [3.8, 4) is 0 Å². The summed E-state index contributed by atoms with van der Waals surface area (Å²) < 4.78 is 0. The number of primary amides is 1. The Bertz CT molecular complexity index is 236. The van der Waals surface area contributed by atoms with Crippen LogP contribution < -0.4 is 11.1 Å². The molecule has 1 rings (SSSR count). The van der Waals surface area contributed by atoms with E-state index in [1.807, 2.05) is 13.8 Å². The second-order valence-electron chi connectivity index (χ2n) is 4.68. The van der Waals surface area contributed by atoms with Crippen LogP contribution in [-0.2, 0) is 4.79 Å². The number of hydrogen-bond donors (Lipinski definition) is 2. The third-order valence-corrected chi connectivity index (χ3v) is 2.98. The number of carbonyl (C=O) groups is 1. The molecule has 0 aromatic rings. The summed E-state index contributed by atoms with van der Waals surface area (Å²) in [5.74, 6) is 0.689. The Morgan fingerprint density at radius 3 is 2.73 bits per heavy atom. The zero-order chi connectivity index (χ0) is 11.3. The quantitative estimate of drug-likeness (QED) is 0.675. The molecule has 15 heavy (non-hydrogen) atoms. The highest BCUT2D eigenvalue weighted by atomic mass is 16.1. The van der Waals surface area contributed by atoms with Gasteiger partial charge in [-0.3, -0.25) is 4.79 Å². The van der Waals surface area contributed by atoms with Crippen molar-refractivity contribution in [3.05, 3.63) is 12.2 Å². The minimum Gasteiger partial charge on any atom is -0.368 e. The van der Waals surface area contributed by atoms with Crippen molar-refractivity contribution in [2.75, 3.05) is 6.54 Å². The van der Waals surface area contributed by atoms with Crippen LogP contribution in [0.1, 0.15) is 33.1 Å². The van der Waals surface area contributed by atoms with Crippen LogP contribution in [0.4, 0.5) is 0 Å². The second kappa shape index (κ2) is 5.91.